The molecule has 1 aromatic rings. The normalized spacial score (nSPS) is 22.2. The van der Waals surface area contributed by atoms with Crippen LogP contribution in [0, 0.1) is 17.8 Å². The third-order valence-corrected chi connectivity index (χ3v) is 7.43. The van der Waals surface area contributed by atoms with Crippen LogP contribution in [0.25, 0.3) is 0 Å². The van der Waals surface area contributed by atoms with E-state index in [1.807, 2.05) is 6.92 Å². The van der Waals surface area contributed by atoms with E-state index in [4.69, 9.17) is 0 Å². The van der Waals surface area contributed by atoms with Gasteiger partial charge in [-0.25, -0.2) is 8.42 Å². The van der Waals surface area contributed by atoms with Gasteiger partial charge >= 0.3 is 0 Å². The predicted molar refractivity (Wildman–Crippen MR) is 110 cm³/mol. The Bertz CT molecular complexity index is 721. The molecule has 2 N–H and O–H groups in total. The Morgan fingerprint density at radius 3 is 2.50 bits per heavy atom. The zero-order valence-corrected chi connectivity index (χ0v) is 18.0. The van der Waals surface area contributed by atoms with Crippen LogP contribution >= 0.6 is 0 Å². The van der Waals surface area contributed by atoms with Crippen LogP contribution in [-0.2, 0) is 14.8 Å². The van der Waals surface area contributed by atoms with Crippen molar-refractivity contribution in [3.63, 3.8) is 0 Å². The SMILES string of the molecule is CC[C@H]1CN(S(=O)(=O)c2ccccc2)CC[C@H]1CC(=O)N[C@@H](CO)CC(C)C. The minimum absolute atomic E-state index is 0.0532. The van der Waals surface area contributed by atoms with Gasteiger partial charge in [0.15, 0.2) is 0 Å². The minimum atomic E-state index is -3.49. The molecule has 0 radical (unpaired) electrons. The molecule has 1 fully saturated rings. The number of piperidine rings is 1. The summed E-state index contributed by atoms with van der Waals surface area (Å²) in [6, 6.07) is 8.30. The highest BCUT2D eigenvalue weighted by Gasteiger charge is 2.35. The Labute approximate surface area is 169 Å². The number of aliphatic hydroxyl groups is 1. The predicted octanol–water partition coefficient (Wildman–Crippen LogP) is 2.64. The summed E-state index contributed by atoms with van der Waals surface area (Å²) in [6.45, 7) is 6.98. The van der Waals surface area contributed by atoms with E-state index in [0.717, 1.165) is 12.8 Å². The number of carbonyl (C=O) groups is 1. The number of nitrogens with one attached hydrogen (secondary N) is 1. The third-order valence-electron chi connectivity index (χ3n) is 5.55. The van der Waals surface area contributed by atoms with E-state index in [9.17, 15) is 18.3 Å². The Morgan fingerprint density at radius 2 is 1.93 bits per heavy atom. The largest absolute Gasteiger partial charge is 0.394 e. The zero-order chi connectivity index (χ0) is 20.7. The second-order valence-corrected chi connectivity index (χ2v) is 10.1. The lowest BCUT2D eigenvalue weighted by Crippen LogP contribution is -2.46. The fraction of sp³-hybridized carbons (Fsp3) is 0.667. The number of aliphatic hydroxyl groups excluding tert-OH is 1. The molecule has 0 spiro atoms. The van der Waals surface area contributed by atoms with Gasteiger partial charge in [0.25, 0.3) is 0 Å². The lowest BCUT2D eigenvalue weighted by Gasteiger charge is -2.37. The molecule has 1 aromatic carbocycles. The highest BCUT2D eigenvalue weighted by molar-refractivity contribution is 7.89. The Hall–Kier alpha value is -1.44. The van der Waals surface area contributed by atoms with Crippen LogP contribution in [0.1, 0.15) is 46.5 Å². The first-order valence-corrected chi connectivity index (χ1v) is 11.7. The van der Waals surface area contributed by atoms with Crippen LogP contribution in [0.5, 0.6) is 0 Å². The second-order valence-electron chi connectivity index (χ2n) is 8.17. The maximum atomic E-state index is 12.9. The van der Waals surface area contributed by atoms with Gasteiger partial charge in [-0.3, -0.25) is 4.79 Å². The molecule has 0 bridgehead atoms. The molecular formula is C21H34N2O4S. The second kappa shape index (κ2) is 10.4. The van der Waals surface area contributed by atoms with Crippen LogP contribution < -0.4 is 5.32 Å². The topological polar surface area (TPSA) is 86.7 Å². The summed E-state index contributed by atoms with van der Waals surface area (Å²) < 4.78 is 27.3. The Morgan fingerprint density at radius 1 is 1.25 bits per heavy atom. The van der Waals surface area contributed by atoms with Gasteiger partial charge in [-0.15, -0.1) is 0 Å². The van der Waals surface area contributed by atoms with E-state index in [0.29, 0.717) is 36.7 Å². The number of hydrogen-bond donors (Lipinski definition) is 2. The molecule has 158 valence electrons. The molecule has 1 heterocycles. The fourth-order valence-electron chi connectivity index (χ4n) is 4.01. The molecule has 28 heavy (non-hydrogen) atoms. The van der Waals surface area contributed by atoms with Crippen molar-refractivity contribution in [2.45, 2.75) is 57.4 Å². The van der Waals surface area contributed by atoms with Gasteiger partial charge in [-0.05, 0) is 42.7 Å². The summed E-state index contributed by atoms with van der Waals surface area (Å²) >= 11 is 0. The van der Waals surface area contributed by atoms with Crippen molar-refractivity contribution in [1.82, 2.24) is 9.62 Å². The van der Waals surface area contributed by atoms with E-state index >= 15 is 0 Å². The lowest BCUT2D eigenvalue weighted by atomic mass is 9.82. The van der Waals surface area contributed by atoms with Gasteiger partial charge in [0, 0.05) is 19.5 Å². The van der Waals surface area contributed by atoms with Gasteiger partial charge in [0.05, 0.1) is 17.5 Å². The maximum absolute atomic E-state index is 12.9. The zero-order valence-electron chi connectivity index (χ0n) is 17.2. The molecule has 3 atom stereocenters. The van der Waals surface area contributed by atoms with Crippen LogP contribution in [-0.4, -0.2) is 49.5 Å². The lowest BCUT2D eigenvalue weighted by molar-refractivity contribution is -0.123. The van der Waals surface area contributed by atoms with Crippen molar-refractivity contribution in [2.75, 3.05) is 19.7 Å². The van der Waals surface area contributed by atoms with Gasteiger partial charge in [0.2, 0.25) is 15.9 Å². The van der Waals surface area contributed by atoms with E-state index in [-0.39, 0.29) is 30.4 Å². The number of benzene rings is 1. The van der Waals surface area contributed by atoms with Crippen molar-refractivity contribution in [1.29, 1.82) is 0 Å². The summed E-state index contributed by atoms with van der Waals surface area (Å²) in [5.74, 6) is 0.649. The van der Waals surface area contributed by atoms with Crippen molar-refractivity contribution in [2.24, 2.45) is 17.8 Å². The van der Waals surface area contributed by atoms with Crippen molar-refractivity contribution < 1.29 is 18.3 Å². The fourth-order valence-corrected chi connectivity index (χ4v) is 5.54. The number of amides is 1. The number of carbonyl (C=O) groups excluding carboxylic acids is 1. The quantitative estimate of drug-likeness (QED) is 0.655. The highest BCUT2D eigenvalue weighted by atomic mass is 32.2. The van der Waals surface area contributed by atoms with Gasteiger partial charge in [-0.1, -0.05) is 45.4 Å². The Balaban J connectivity index is 1.98. The molecule has 0 unspecified atom stereocenters. The monoisotopic (exact) mass is 410 g/mol. The average molecular weight is 411 g/mol. The standard InChI is InChI=1S/C21H34N2O4S/c1-4-17-14-23(28(26,27)20-8-6-5-7-9-20)11-10-18(17)13-21(25)22-19(15-24)12-16(2)3/h5-9,16-19,24H,4,10-15H2,1-3H3,(H,22,25)/t17-,18-,19+/m0/s1. The molecule has 6 nitrogen and oxygen atoms in total. The van der Waals surface area contributed by atoms with Crippen LogP contribution in [0.15, 0.2) is 35.2 Å². The molecule has 0 aromatic heterocycles. The molecule has 0 aliphatic carbocycles. The van der Waals surface area contributed by atoms with E-state index < -0.39 is 10.0 Å². The van der Waals surface area contributed by atoms with Crippen molar-refractivity contribution in [3.05, 3.63) is 30.3 Å². The van der Waals surface area contributed by atoms with Crippen molar-refractivity contribution in [3.8, 4) is 0 Å². The van der Waals surface area contributed by atoms with E-state index in [2.05, 4.69) is 19.2 Å². The molecule has 2 rings (SSSR count). The third kappa shape index (κ3) is 6.03. The molecule has 1 aliphatic heterocycles. The van der Waals surface area contributed by atoms with Gasteiger partial charge in [-0.2, -0.15) is 4.31 Å². The molecule has 1 saturated heterocycles. The first kappa shape index (κ1) is 22.8. The molecular weight excluding hydrogens is 376 g/mol. The summed E-state index contributed by atoms with van der Waals surface area (Å²) in [5, 5.41) is 12.4. The molecule has 1 amide bonds. The summed E-state index contributed by atoms with van der Waals surface area (Å²) in [6.07, 6.45) is 2.62. The molecule has 0 saturated carbocycles. The van der Waals surface area contributed by atoms with Crippen molar-refractivity contribution >= 4 is 15.9 Å². The first-order chi connectivity index (χ1) is 13.3. The van der Waals surface area contributed by atoms with E-state index in [1.165, 1.54) is 0 Å². The first-order valence-electron chi connectivity index (χ1n) is 10.2. The summed E-state index contributed by atoms with van der Waals surface area (Å²) in [4.78, 5) is 12.8. The average Bonchev–Trinajstić information content (AvgIpc) is 2.67. The van der Waals surface area contributed by atoms with Gasteiger partial charge in [0.1, 0.15) is 0 Å². The smallest absolute Gasteiger partial charge is 0.243 e. The summed E-state index contributed by atoms with van der Waals surface area (Å²) in [5.41, 5.74) is 0. The maximum Gasteiger partial charge on any atom is 0.243 e. The van der Waals surface area contributed by atoms with Crippen LogP contribution in [0.2, 0.25) is 0 Å². The number of nitrogens with zero attached hydrogens (tertiary/aromatic N) is 1. The number of sulfonamides is 1. The van der Waals surface area contributed by atoms with Gasteiger partial charge < -0.3 is 10.4 Å². The highest BCUT2D eigenvalue weighted by Crippen LogP contribution is 2.32. The molecule has 1 aliphatic rings. The van der Waals surface area contributed by atoms with E-state index in [1.54, 1.807) is 34.6 Å². The molecule has 7 heteroatoms. The van der Waals surface area contributed by atoms with Crippen LogP contribution in [0.3, 0.4) is 0 Å². The minimum Gasteiger partial charge on any atom is -0.394 e. The number of rotatable bonds is 9. The van der Waals surface area contributed by atoms with Crippen LogP contribution in [0.4, 0.5) is 0 Å². The number of hydrogen-bond acceptors (Lipinski definition) is 4. The summed E-state index contributed by atoms with van der Waals surface area (Å²) in [7, 11) is -3.49. The Kier molecular flexibility index (Phi) is 8.46.